The van der Waals surface area contributed by atoms with E-state index in [1.807, 2.05) is 13.0 Å². The van der Waals surface area contributed by atoms with Gasteiger partial charge < -0.3 is 15.6 Å². The number of nitrogen functional groups attached to an aromatic ring is 1. The third kappa shape index (κ3) is 3.11. The fourth-order valence-electron chi connectivity index (χ4n) is 4.22. The first-order valence-electron chi connectivity index (χ1n) is 8.86. The van der Waals surface area contributed by atoms with Gasteiger partial charge in [0.2, 0.25) is 0 Å². The summed E-state index contributed by atoms with van der Waals surface area (Å²) in [6, 6.07) is 5.56. The van der Waals surface area contributed by atoms with Crippen LogP contribution in [0.1, 0.15) is 36.9 Å². The van der Waals surface area contributed by atoms with Crippen LogP contribution in [-0.4, -0.2) is 27.8 Å². The molecule has 2 aliphatic rings. The van der Waals surface area contributed by atoms with E-state index in [2.05, 4.69) is 20.8 Å². The van der Waals surface area contributed by atoms with Crippen molar-refractivity contribution in [2.75, 3.05) is 5.73 Å². The molecule has 138 valence electrons. The van der Waals surface area contributed by atoms with Crippen LogP contribution in [0.25, 0.3) is 11.3 Å². The summed E-state index contributed by atoms with van der Waals surface area (Å²) in [5.74, 6) is 1.30. The normalized spacial score (nSPS) is 26.8. The van der Waals surface area contributed by atoms with Crippen molar-refractivity contribution in [2.24, 2.45) is 11.8 Å². The van der Waals surface area contributed by atoms with E-state index >= 15 is 0 Å². The summed E-state index contributed by atoms with van der Waals surface area (Å²) in [6.07, 6.45) is 3.82. The minimum atomic E-state index is -2.96. The Morgan fingerprint density at radius 1 is 1.27 bits per heavy atom. The van der Waals surface area contributed by atoms with Crippen LogP contribution in [0.4, 0.5) is 14.6 Å². The van der Waals surface area contributed by atoms with Crippen molar-refractivity contribution in [3.05, 3.63) is 35.7 Å². The largest absolute Gasteiger partial charge is 0.431 e. The first-order chi connectivity index (χ1) is 12.5. The summed E-state index contributed by atoms with van der Waals surface area (Å²) in [6.45, 7) is -0.933. The number of nitrogens with zero attached hydrogens (tertiary/aromatic N) is 2. The Bertz CT molecular complexity index is 818. The maximum atomic E-state index is 12.6. The molecule has 5 nitrogen and oxygen atoms in total. The molecule has 3 N–H and O–H groups in total. The van der Waals surface area contributed by atoms with E-state index in [9.17, 15) is 13.9 Å². The monoisotopic (exact) mass is 361 g/mol. The Labute approximate surface area is 150 Å². The number of nitrogens with two attached hydrogens (primary N) is 1. The highest BCUT2D eigenvalue weighted by atomic mass is 19.3. The number of hydrogen-bond acceptors (Lipinski definition) is 5. The maximum absolute atomic E-state index is 12.6. The lowest BCUT2D eigenvalue weighted by Crippen LogP contribution is -2.06. The molecule has 2 aromatic rings. The number of aliphatic hydroxyl groups is 1. The van der Waals surface area contributed by atoms with E-state index in [0.29, 0.717) is 29.0 Å². The van der Waals surface area contributed by atoms with Crippen molar-refractivity contribution in [3.8, 4) is 17.0 Å². The zero-order chi connectivity index (χ0) is 18.4. The number of hydrogen-bond donors (Lipinski definition) is 2. The predicted molar refractivity (Wildman–Crippen MR) is 92.9 cm³/mol. The number of ether oxygens (including phenoxy) is 1. The van der Waals surface area contributed by atoms with Crippen molar-refractivity contribution in [1.29, 1.82) is 0 Å². The number of aryl methyl sites for hydroxylation is 1. The van der Waals surface area contributed by atoms with Gasteiger partial charge in [0.25, 0.3) is 0 Å². The Hall–Kier alpha value is -2.28. The van der Waals surface area contributed by atoms with Gasteiger partial charge in [-0.15, -0.1) is 0 Å². The lowest BCUT2D eigenvalue weighted by molar-refractivity contribution is -0.0494. The molecule has 2 fully saturated rings. The molecule has 2 aliphatic carbocycles. The van der Waals surface area contributed by atoms with Crippen molar-refractivity contribution in [1.82, 2.24) is 9.97 Å². The fourth-order valence-corrected chi connectivity index (χ4v) is 4.22. The predicted octanol–water partition coefficient (Wildman–Crippen LogP) is 3.37. The van der Waals surface area contributed by atoms with Crippen LogP contribution in [0.15, 0.2) is 24.4 Å². The zero-order valence-corrected chi connectivity index (χ0v) is 14.4. The molecule has 7 heteroatoms. The highest BCUT2D eigenvalue weighted by Crippen LogP contribution is 2.63. The minimum absolute atomic E-state index is 0.0772. The van der Waals surface area contributed by atoms with Gasteiger partial charge in [-0.1, -0.05) is 6.92 Å². The molecule has 4 atom stereocenters. The minimum Gasteiger partial charge on any atom is -0.431 e. The van der Waals surface area contributed by atoms with Crippen molar-refractivity contribution in [2.45, 2.75) is 44.8 Å². The molecule has 2 heterocycles. The van der Waals surface area contributed by atoms with Gasteiger partial charge in [-0.25, -0.2) is 4.98 Å². The Kier molecular flexibility index (Phi) is 4.26. The van der Waals surface area contributed by atoms with Gasteiger partial charge in [-0.3, -0.25) is 4.98 Å². The summed E-state index contributed by atoms with van der Waals surface area (Å²) >= 11 is 0. The number of aromatic nitrogens is 2. The van der Waals surface area contributed by atoms with Crippen molar-refractivity contribution >= 4 is 5.82 Å². The quantitative estimate of drug-likeness (QED) is 0.853. The molecule has 0 bridgehead atoms. The number of fused-ring (bicyclic) bond motifs is 1. The van der Waals surface area contributed by atoms with Gasteiger partial charge in [0.05, 0.1) is 11.8 Å². The molecule has 26 heavy (non-hydrogen) atoms. The zero-order valence-electron chi connectivity index (χ0n) is 14.4. The molecule has 0 aliphatic heterocycles. The molecule has 2 unspecified atom stereocenters. The lowest BCUT2D eigenvalue weighted by atomic mass is 9.99. The van der Waals surface area contributed by atoms with E-state index in [0.717, 1.165) is 25.0 Å². The molecule has 2 saturated carbocycles. The molecule has 0 spiro atoms. The number of alkyl halides is 2. The third-order valence-electron chi connectivity index (χ3n) is 5.46. The summed E-state index contributed by atoms with van der Waals surface area (Å²) < 4.78 is 29.6. The molecule has 4 rings (SSSR count). The fraction of sp³-hybridized carbons (Fsp3) is 0.474. The number of anilines is 1. The second-order valence-electron chi connectivity index (χ2n) is 7.10. The van der Waals surface area contributed by atoms with Gasteiger partial charge in [0.1, 0.15) is 0 Å². The molecule has 0 radical (unpaired) electrons. The lowest BCUT2D eigenvalue weighted by Gasteiger charge is -2.13. The summed E-state index contributed by atoms with van der Waals surface area (Å²) in [5, 5.41) is 9.75. The van der Waals surface area contributed by atoms with E-state index in [1.54, 1.807) is 0 Å². The first-order valence-corrected chi connectivity index (χ1v) is 8.86. The second kappa shape index (κ2) is 6.46. The van der Waals surface area contributed by atoms with Gasteiger partial charge in [-0.05, 0) is 60.8 Å². The van der Waals surface area contributed by atoms with Crippen LogP contribution in [-0.2, 0) is 6.42 Å². The Balaban J connectivity index is 1.68. The van der Waals surface area contributed by atoms with Gasteiger partial charge in [-0.2, -0.15) is 8.78 Å². The van der Waals surface area contributed by atoms with Crippen LogP contribution in [0.5, 0.6) is 5.75 Å². The molecule has 2 aromatic heterocycles. The highest BCUT2D eigenvalue weighted by molar-refractivity contribution is 5.65. The smallest absolute Gasteiger partial charge is 0.387 e. The summed E-state index contributed by atoms with van der Waals surface area (Å²) in [5.41, 5.74) is 9.03. The molecular weight excluding hydrogens is 340 g/mol. The number of aliphatic hydroxyl groups excluding tert-OH is 1. The third-order valence-corrected chi connectivity index (χ3v) is 5.46. The van der Waals surface area contributed by atoms with Crippen LogP contribution in [0.3, 0.4) is 0 Å². The molecule has 0 amide bonds. The number of pyridine rings is 2. The summed E-state index contributed by atoms with van der Waals surface area (Å²) in [4.78, 5) is 8.59. The Morgan fingerprint density at radius 3 is 2.65 bits per heavy atom. The van der Waals surface area contributed by atoms with E-state index < -0.39 is 6.61 Å². The van der Waals surface area contributed by atoms with Crippen LogP contribution < -0.4 is 10.5 Å². The van der Waals surface area contributed by atoms with Crippen LogP contribution in [0, 0.1) is 11.8 Å². The average molecular weight is 361 g/mol. The molecule has 0 aromatic carbocycles. The van der Waals surface area contributed by atoms with Crippen LogP contribution >= 0.6 is 0 Å². The van der Waals surface area contributed by atoms with E-state index in [-0.39, 0.29) is 17.7 Å². The van der Waals surface area contributed by atoms with Crippen LogP contribution in [0.2, 0.25) is 0 Å². The SMILES string of the molecule is CCc1cc(C2[C@H]3CC(O)C[C@@H]23)cc(-c2cnc(N)c(OC(F)F)c2)n1. The van der Waals surface area contributed by atoms with E-state index in [1.165, 1.54) is 17.8 Å². The molecule has 0 saturated heterocycles. The second-order valence-corrected chi connectivity index (χ2v) is 7.10. The van der Waals surface area contributed by atoms with Crippen molar-refractivity contribution in [3.63, 3.8) is 0 Å². The maximum Gasteiger partial charge on any atom is 0.387 e. The standard InChI is InChI=1S/C19H21F2N3O2/c1-2-11-3-9(17-13-6-12(25)7-14(13)17)4-15(24-11)10-5-16(26-19(20)21)18(22)23-8-10/h3-5,8,12-14,17,19,25H,2,6-7H2,1H3,(H2,22,23)/t12?,13-,14+,17?. The van der Waals surface area contributed by atoms with E-state index in [4.69, 9.17) is 5.73 Å². The van der Waals surface area contributed by atoms with Gasteiger partial charge in [0, 0.05) is 17.5 Å². The summed E-state index contributed by atoms with van der Waals surface area (Å²) in [7, 11) is 0. The highest BCUT2D eigenvalue weighted by Gasteiger charge is 2.56. The number of rotatable bonds is 5. The molecular formula is C19H21F2N3O2. The Morgan fingerprint density at radius 2 is 2.00 bits per heavy atom. The topological polar surface area (TPSA) is 81.3 Å². The van der Waals surface area contributed by atoms with Gasteiger partial charge in [0.15, 0.2) is 11.6 Å². The van der Waals surface area contributed by atoms with Gasteiger partial charge >= 0.3 is 6.61 Å². The first kappa shape index (κ1) is 17.1. The van der Waals surface area contributed by atoms with Crippen molar-refractivity contribution < 1.29 is 18.6 Å². The average Bonchev–Trinajstić information content (AvgIpc) is 3.12. The number of halogens is 2.